The molecule has 8 heteroatoms. The monoisotopic (exact) mass is 497 g/mol. The van der Waals surface area contributed by atoms with E-state index in [2.05, 4.69) is 16.7 Å². The molecule has 2 aromatic carbocycles. The van der Waals surface area contributed by atoms with Crippen molar-refractivity contribution in [3.8, 4) is 17.6 Å². The van der Waals surface area contributed by atoms with E-state index in [4.69, 9.17) is 21.1 Å². The lowest BCUT2D eigenvalue weighted by Crippen LogP contribution is -2.51. The average molecular weight is 498 g/mol. The van der Waals surface area contributed by atoms with Gasteiger partial charge in [-0.1, -0.05) is 37.6 Å². The van der Waals surface area contributed by atoms with Crippen LogP contribution in [-0.4, -0.2) is 36.6 Å². The van der Waals surface area contributed by atoms with Crippen molar-refractivity contribution in [3.05, 3.63) is 58.1 Å². The van der Waals surface area contributed by atoms with Crippen LogP contribution in [0.4, 0.5) is 0 Å². The number of hydrogen-bond acceptors (Lipinski definition) is 5. The van der Waals surface area contributed by atoms with Crippen molar-refractivity contribution in [2.24, 2.45) is 0 Å². The molecule has 0 aromatic heterocycles. The van der Waals surface area contributed by atoms with Crippen molar-refractivity contribution in [1.82, 2.24) is 10.6 Å². The number of aryl methyl sites for hydroxylation is 1. The lowest BCUT2D eigenvalue weighted by atomic mass is 10.0. The van der Waals surface area contributed by atoms with E-state index < -0.39 is 23.4 Å². The minimum absolute atomic E-state index is 0.261. The minimum Gasteiger partial charge on any atom is -0.493 e. The van der Waals surface area contributed by atoms with Crippen LogP contribution in [0.5, 0.6) is 11.5 Å². The highest BCUT2D eigenvalue weighted by atomic mass is 35.5. The van der Waals surface area contributed by atoms with Crippen LogP contribution in [-0.2, 0) is 11.2 Å². The van der Waals surface area contributed by atoms with Crippen molar-refractivity contribution in [1.29, 1.82) is 5.26 Å². The zero-order chi connectivity index (χ0) is 25.4. The van der Waals surface area contributed by atoms with Gasteiger partial charge in [0, 0.05) is 11.4 Å². The number of carbonyl (C=O) groups is 2. The third-order valence-corrected chi connectivity index (χ3v) is 6.10. The van der Waals surface area contributed by atoms with Crippen LogP contribution < -0.4 is 20.1 Å². The third-order valence-electron chi connectivity index (χ3n) is 5.87. The highest BCUT2D eigenvalue weighted by Gasteiger charge is 2.45. The Morgan fingerprint density at radius 3 is 2.40 bits per heavy atom. The van der Waals surface area contributed by atoms with Gasteiger partial charge in [0.1, 0.15) is 23.1 Å². The molecular formula is C27H32ClN3O4. The molecule has 0 unspecified atom stereocenters. The second-order valence-electron chi connectivity index (χ2n) is 8.56. The van der Waals surface area contributed by atoms with E-state index in [1.54, 1.807) is 12.1 Å². The van der Waals surface area contributed by atoms with Gasteiger partial charge in [-0.25, -0.2) is 0 Å². The summed E-state index contributed by atoms with van der Waals surface area (Å²) < 4.78 is 11.7. The highest BCUT2D eigenvalue weighted by molar-refractivity contribution is 6.31. The number of nitrogens with one attached hydrogen (secondary N) is 2. The van der Waals surface area contributed by atoms with E-state index in [1.165, 1.54) is 6.07 Å². The Balaban J connectivity index is 0.00000167. The molecule has 2 amide bonds. The van der Waals surface area contributed by atoms with Gasteiger partial charge in [-0.3, -0.25) is 9.59 Å². The van der Waals surface area contributed by atoms with Crippen molar-refractivity contribution in [2.45, 2.75) is 64.5 Å². The summed E-state index contributed by atoms with van der Waals surface area (Å²) in [5.74, 6) is 0.335. The summed E-state index contributed by atoms with van der Waals surface area (Å²) in [6.07, 6.45) is 3.03. The van der Waals surface area contributed by atoms with Crippen LogP contribution in [0.3, 0.4) is 0 Å². The van der Waals surface area contributed by atoms with Gasteiger partial charge in [0.05, 0.1) is 24.8 Å². The van der Waals surface area contributed by atoms with Crippen LogP contribution in [0.15, 0.2) is 36.4 Å². The van der Waals surface area contributed by atoms with Gasteiger partial charge in [0.15, 0.2) is 0 Å². The minimum atomic E-state index is -0.880. The Bertz CT molecular complexity index is 1110. The molecule has 7 nitrogen and oxygen atoms in total. The quantitative estimate of drug-likeness (QED) is 0.624. The fourth-order valence-electron chi connectivity index (χ4n) is 3.77. The number of nitriles is 1. The van der Waals surface area contributed by atoms with Gasteiger partial charge < -0.3 is 20.1 Å². The zero-order valence-electron chi connectivity index (χ0n) is 20.4. The first-order valence-corrected chi connectivity index (χ1v) is 12.5. The molecule has 2 aromatic rings. The molecule has 186 valence electrons. The number of fused-ring (bicyclic) bond motifs is 10. The molecule has 1 fully saturated rings. The summed E-state index contributed by atoms with van der Waals surface area (Å²) in [4.78, 5) is 26.3. The summed E-state index contributed by atoms with van der Waals surface area (Å²) in [7, 11) is 0. The van der Waals surface area contributed by atoms with E-state index in [9.17, 15) is 14.9 Å². The fourth-order valence-corrected chi connectivity index (χ4v) is 3.94. The smallest absolute Gasteiger partial charge is 0.255 e. The van der Waals surface area contributed by atoms with Gasteiger partial charge >= 0.3 is 0 Å². The van der Waals surface area contributed by atoms with E-state index in [1.807, 2.05) is 39.0 Å². The Labute approximate surface area is 211 Å². The molecular weight excluding hydrogens is 466 g/mol. The molecule has 1 saturated carbocycles. The predicted octanol–water partition coefficient (Wildman–Crippen LogP) is 4.74. The molecule has 2 heterocycles. The van der Waals surface area contributed by atoms with Crippen LogP contribution in [0, 0.1) is 18.3 Å². The second kappa shape index (κ2) is 11.9. The van der Waals surface area contributed by atoms with Crippen molar-refractivity contribution in [3.63, 3.8) is 0 Å². The van der Waals surface area contributed by atoms with Crippen LogP contribution in [0.2, 0.25) is 5.02 Å². The van der Waals surface area contributed by atoms with Crippen molar-refractivity contribution < 1.29 is 19.1 Å². The van der Waals surface area contributed by atoms with Gasteiger partial charge in [-0.05, 0) is 68.0 Å². The lowest BCUT2D eigenvalue weighted by molar-refractivity contribution is -0.123. The van der Waals surface area contributed by atoms with Crippen molar-refractivity contribution >= 4 is 23.4 Å². The summed E-state index contributed by atoms with van der Waals surface area (Å²) in [5.41, 5.74) is 1.25. The largest absolute Gasteiger partial charge is 0.493 e. The number of nitrogens with zero attached hydrogens (tertiary/aromatic N) is 1. The normalized spacial score (nSPS) is 18.8. The summed E-state index contributed by atoms with van der Waals surface area (Å²) in [6.45, 7) is 6.92. The molecule has 0 radical (unpaired) electrons. The van der Waals surface area contributed by atoms with E-state index >= 15 is 0 Å². The predicted molar refractivity (Wildman–Crippen MR) is 135 cm³/mol. The molecule has 0 saturated heterocycles. The lowest BCUT2D eigenvalue weighted by Gasteiger charge is -2.22. The number of ether oxygens (including phenoxy) is 2. The molecule has 35 heavy (non-hydrogen) atoms. The van der Waals surface area contributed by atoms with Gasteiger partial charge in [-0.15, -0.1) is 0 Å². The Morgan fingerprint density at radius 1 is 1.11 bits per heavy atom. The molecule has 1 atom stereocenters. The first kappa shape index (κ1) is 26.4. The van der Waals surface area contributed by atoms with Crippen LogP contribution in [0.1, 0.15) is 61.0 Å². The first-order chi connectivity index (χ1) is 16.9. The Kier molecular flexibility index (Phi) is 9.00. The van der Waals surface area contributed by atoms with Gasteiger partial charge in [0.25, 0.3) is 5.91 Å². The van der Waals surface area contributed by atoms with E-state index in [0.29, 0.717) is 36.8 Å². The first-order valence-electron chi connectivity index (χ1n) is 12.1. The number of carbonyl (C=O) groups excluding carboxylic acids is 2. The molecule has 0 spiro atoms. The average Bonchev–Trinajstić information content (AvgIpc) is 3.63. The zero-order valence-corrected chi connectivity index (χ0v) is 21.2. The summed E-state index contributed by atoms with van der Waals surface area (Å²) in [5, 5.41) is 15.4. The number of hydrogen-bond donors (Lipinski definition) is 2. The second-order valence-corrected chi connectivity index (χ2v) is 8.99. The maximum Gasteiger partial charge on any atom is 0.255 e. The van der Waals surface area contributed by atoms with Crippen LogP contribution >= 0.6 is 11.6 Å². The Hall–Kier alpha value is -3.24. The maximum absolute atomic E-state index is 13.2. The number of amides is 2. The SMILES string of the molecule is CC.Cc1cc2ccc1OCCCCOc1ccc(Cl)cc1C(=O)N[C@H](C(=O)NC1(C#N)CC1)C2. The standard InChI is InChI=1S/C25H26ClN3O4.C2H6/c1-16-12-17-4-6-21(16)32-10-2-3-11-33-22-7-5-18(26)14-19(22)23(30)28-20(13-17)24(31)29-25(15-27)8-9-25;1-2/h4-7,12,14,20H,2-3,8-11,13H2,1H3,(H,28,30)(H,29,31);1-2H3/t20-;/m0./s1. The highest BCUT2D eigenvalue weighted by Crippen LogP contribution is 2.34. The van der Waals surface area contributed by atoms with Gasteiger partial charge in [-0.2, -0.15) is 5.26 Å². The maximum atomic E-state index is 13.2. The van der Waals surface area contributed by atoms with E-state index in [0.717, 1.165) is 29.7 Å². The molecule has 3 aliphatic rings. The number of halogens is 1. The molecule has 5 rings (SSSR count). The van der Waals surface area contributed by atoms with Crippen molar-refractivity contribution in [2.75, 3.05) is 13.2 Å². The van der Waals surface area contributed by atoms with Crippen LogP contribution in [0.25, 0.3) is 0 Å². The van der Waals surface area contributed by atoms with Gasteiger partial charge in [0.2, 0.25) is 5.91 Å². The topological polar surface area (TPSA) is 100 Å². The fraction of sp³-hybridized carbons (Fsp3) is 0.444. The number of rotatable bonds is 2. The summed E-state index contributed by atoms with van der Waals surface area (Å²) in [6, 6.07) is 11.9. The molecule has 2 bridgehead atoms. The third kappa shape index (κ3) is 6.89. The van der Waals surface area contributed by atoms with E-state index in [-0.39, 0.29) is 12.0 Å². The molecule has 2 N–H and O–H groups in total. The number of benzene rings is 2. The molecule has 1 aliphatic carbocycles. The molecule has 2 aliphatic heterocycles. The Morgan fingerprint density at radius 2 is 1.77 bits per heavy atom. The summed E-state index contributed by atoms with van der Waals surface area (Å²) >= 11 is 6.14.